The second kappa shape index (κ2) is 4.87. The summed E-state index contributed by atoms with van der Waals surface area (Å²) in [7, 11) is 0. The first-order valence-electron chi connectivity index (χ1n) is 6.34. The molecule has 0 saturated heterocycles. The Balaban J connectivity index is 2.81. The molecule has 17 heavy (non-hydrogen) atoms. The Morgan fingerprint density at radius 3 is 2.00 bits per heavy atom. The summed E-state index contributed by atoms with van der Waals surface area (Å²) in [6.45, 7) is 6.50. The van der Waals surface area contributed by atoms with Crippen LogP contribution < -0.4 is 0 Å². The number of hydrogen-bond acceptors (Lipinski definition) is 2. The molecule has 0 spiro atoms. The monoisotopic (exact) mass is 242 g/mol. The molecule has 0 bridgehead atoms. The first-order valence-corrected chi connectivity index (χ1v) is 6.34. The van der Waals surface area contributed by atoms with Crippen molar-refractivity contribution in [3.8, 4) is 0 Å². The summed E-state index contributed by atoms with van der Waals surface area (Å²) in [4.78, 5) is 23.6. The third-order valence-electron chi connectivity index (χ3n) is 3.94. The van der Waals surface area contributed by atoms with E-state index >= 15 is 0 Å². The molecule has 98 valence electrons. The Morgan fingerprint density at radius 1 is 1.24 bits per heavy atom. The fourth-order valence-corrected chi connectivity index (χ4v) is 2.79. The van der Waals surface area contributed by atoms with Gasteiger partial charge in [-0.2, -0.15) is 0 Å². The molecule has 0 aromatic carbocycles. The fraction of sp³-hybridized carbons (Fsp3) is 0.857. The summed E-state index contributed by atoms with van der Waals surface area (Å²) in [6.07, 6.45) is 2.34. The number of carbonyl (C=O) groups excluding carboxylic acids is 2. The number of carbonyl (C=O) groups is 2. The molecule has 1 rings (SSSR count). The van der Waals surface area contributed by atoms with Gasteiger partial charge < -0.3 is 0 Å². The minimum atomic E-state index is -0.829. The molecule has 1 aliphatic carbocycles. The van der Waals surface area contributed by atoms with Gasteiger partial charge in [-0.25, -0.2) is 0 Å². The zero-order chi connectivity index (χ0) is 13.3. The maximum Gasteiger partial charge on any atom is 0.146 e. The van der Waals surface area contributed by atoms with E-state index < -0.39 is 17.5 Å². The van der Waals surface area contributed by atoms with Gasteiger partial charge in [-0.1, -0.05) is 20.8 Å². The molecule has 0 heterocycles. The summed E-state index contributed by atoms with van der Waals surface area (Å²) in [5.41, 5.74) is -1.33. The maximum absolute atomic E-state index is 13.3. The minimum Gasteiger partial charge on any atom is -0.300 e. The van der Waals surface area contributed by atoms with Crippen LogP contribution in [0.25, 0.3) is 0 Å². The minimum absolute atomic E-state index is 0.00880. The molecular formula is C14H23FO2. The van der Waals surface area contributed by atoms with Gasteiger partial charge in [0.25, 0.3) is 0 Å². The quantitative estimate of drug-likeness (QED) is 0.760. The van der Waals surface area contributed by atoms with E-state index in [1.54, 1.807) is 6.92 Å². The van der Waals surface area contributed by atoms with Gasteiger partial charge in [0.15, 0.2) is 0 Å². The van der Waals surface area contributed by atoms with Crippen LogP contribution in [-0.4, -0.2) is 18.2 Å². The maximum atomic E-state index is 13.3. The first-order chi connectivity index (χ1) is 7.73. The number of hydrogen-bond donors (Lipinski definition) is 0. The van der Waals surface area contributed by atoms with Gasteiger partial charge in [-0.15, -0.1) is 0 Å². The number of alkyl halides is 1. The van der Waals surface area contributed by atoms with E-state index in [0.717, 1.165) is 0 Å². The smallest absolute Gasteiger partial charge is 0.146 e. The number of rotatable bonds is 3. The highest BCUT2D eigenvalue weighted by atomic mass is 19.1. The van der Waals surface area contributed by atoms with Crippen LogP contribution in [0.1, 0.15) is 53.4 Å². The number of ketones is 2. The summed E-state index contributed by atoms with van der Waals surface area (Å²) < 4.78 is 13.3. The van der Waals surface area contributed by atoms with E-state index in [-0.39, 0.29) is 17.5 Å². The van der Waals surface area contributed by atoms with E-state index in [1.807, 2.05) is 20.8 Å². The Hall–Kier alpha value is -0.730. The van der Waals surface area contributed by atoms with Crippen LogP contribution in [0.15, 0.2) is 0 Å². The topological polar surface area (TPSA) is 34.1 Å². The molecule has 0 aromatic rings. The predicted molar refractivity (Wildman–Crippen MR) is 65.5 cm³/mol. The average Bonchev–Trinajstić information content (AvgIpc) is 2.26. The standard InChI is InChI=1S/C14H23FO2/c1-10(16)11-5-7-14(9-15,8-6-11)12(17)13(2,3)4/h11H,5-9H2,1-4H3/t11-,14+. The fourth-order valence-electron chi connectivity index (χ4n) is 2.79. The molecular weight excluding hydrogens is 219 g/mol. The van der Waals surface area contributed by atoms with Crippen LogP contribution >= 0.6 is 0 Å². The van der Waals surface area contributed by atoms with Gasteiger partial charge >= 0.3 is 0 Å². The average molecular weight is 242 g/mol. The first kappa shape index (κ1) is 14.3. The van der Waals surface area contributed by atoms with Crippen LogP contribution in [0.2, 0.25) is 0 Å². The summed E-state index contributed by atoms with van der Waals surface area (Å²) in [5.74, 6) is 0.206. The normalized spacial score (nSPS) is 30.1. The number of Topliss-reactive ketones (excluding diaryl/α,β-unsaturated/α-hetero) is 2. The van der Waals surface area contributed by atoms with E-state index in [1.165, 1.54) is 0 Å². The molecule has 0 radical (unpaired) electrons. The second-order valence-electron chi connectivity index (χ2n) is 6.38. The lowest BCUT2D eigenvalue weighted by atomic mass is 9.63. The van der Waals surface area contributed by atoms with Gasteiger partial charge in [0.05, 0.1) is 5.41 Å². The summed E-state index contributed by atoms with van der Waals surface area (Å²) in [6, 6.07) is 0. The highest BCUT2D eigenvalue weighted by Crippen LogP contribution is 2.44. The van der Waals surface area contributed by atoms with Gasteiger partial charge in [0, 0.05) is 11.3 Å². The third kappa shape index (κ3) is 2.93. The van der Waals surface area contributed by atoms with Crippen molar-refractivity contribution in [2.45, 2.75) is 53.4 Å². The Kier molecular flexibility index (Phi) is 4.11. The molecule has 0 atom stereocenters. The van der Waals surface area contributed by atoms with Crippen molar-refractivity contribution in [3.05, 3.63) is 0 Å². The van der Waals surface area contributed by atoms with Gasteiger partial charge in [-0.05, 0) is 32.6 Å². The molecule has 0 aromatic heterocycles. The van der Waals surface area contributed by atoms with Crippen molar-refractivity contribution in [1.29, 1.82) is 0 Å². The molecule has 0 aliphatic heterocycles. The van der Waals surface area contributed by atoms with Crippen molar-refractivity contribution in [2.75, 3.05) is 6.67 Å². The largest absolute Gasteiger partial charge is 0.300 e. The van der Waals surface area contributed by atoms with E-state index in [2.05, 4.69) is 0 Å². The van der Waals surface area contributed by atoms with Crippen LogP contribution in [0, 0.1) is 16.7 Å². The lowest BCUT2D eigenvalue weighted by molar-refractivity contribution is -0.142. The summed E-state index contributed by atoms with van der Waals surface area (Å²) >= 11 is 0. The highest BCUT2D eigenvalue weighted by molar-refractivity contribution is 5.90. The van der Waals surface area contributed by atoms with Crippen molar-refractivity contribution >= 4 is 11.6 Å². The summed E-state index contributed by atoms with van der Waals surface area (Å²) in [5, 5.41) is 0. The van der Waals surface area contributed by atoms with Crippen LogP contribution in [0.5, 0.6) is 0 Å². The zero-order valence-electron chi connectivity index (χ0n) is 11.3. The van der Waals surface area contributed by atoms with Crippen molar-refractivity contribution in [2.24, 2.45) is 16.7 Å². The van der Waals surface area contributed by atoms with Gasteiger partial charge in [0.2, 0.25) is 0 Å². The van der Waals surface area contributed by atoms with Crippen molar-refractivity contribution in [1.82, 2.24) is 0 Å². The Bertz CT molecular complexity index is 307. The zero-order valence-corrected chi connectivity index (χ0v) is 11.3. The molecule has 1 saturated carbocycles. The molecule has 1 aliphatic rings. The van der Waals surface area contributed by atoms with Crippen LogP contribution in [0.3, 0.4) is 0 Å². The Morgan fingerprint density at radius 2 is 1.71 bits per heavy atom. The SMILES string of the molecule is CC(=O)[C@H]1CC[C@@](CF)(C(=O)C(C)(C)C)CC1. The molecule has 1 fully saturated rings. The Labute approximate surface area is 103 Å². The van der Waals surface area contributed by atoms with E-state index in [4.69, 9.17) is 0 Å². The van der Waals surface area contributed by atoms with E-state index in [0.29, 0.717) is 25.7 Å². The third-order valence-corrected chi connectivity index (χ3v) is 3.94. The van der Waals surface area contributed by atoms with Crippen molar-refractivity contribution in [3.63, 3.8) is 0 Å². The predicted octanol–water partition coefficient (Wildman–Crippen LogP) is 3.34. The van der Waals surface area contributed by atoms with E-state index in [9.17, 15) is 14.0 Å². The number of halogens is 1. The molecule has 0 N–H and O–H groups in total. The highest BCUT2D eigenvalue weighted by Gasteiger charge is 2.46. The van der Waals surface area contributed by atoms with Crippen LogP contribution in [0.4, 0.5) is 4.39 Å². The van der Waals surface area contributed by atoms with Crippen molar-refractivity contribution < 1.29 is 14.0 Å². The molecule has 3 heteroatoms. The second-order valence-corrected chi connectivity index (χ2v) is 6.38. The molecule has 2 nitrogen and oxygen atoms in total. The lowest BCUT2D eigenvalue weighted by Gasteiger charge is -2.40. The van der Waals surface area contributed by atoms with Gasteiger partial charge in [0.1, 0.15) is 18.2 Å². The molecule has 0 unspecified atom stereocenters. The van der Waals surface area contributed by atoms with Gasteiger partial charge in [-0.3, -0.25) is 14.0 Å². The lowest BCUT2D eigenvalue weighted by Crippen LogP contribution is -2.44. The van der Waals surface area contributed by atoms with Crippen LogP contribution in [-0.2, 0) is 9.59 Å². The molecule has 0 amide bonds.